The van der Waals surface area contributed by atoms with Gasteiger partial charge in [0.1, 0.15) is 8.07 Å². The van der Waals surface area contributed by atoms with Crippen LogP contribution in [0.25, 0.3) is 0 Å². The van der Waals surface area contributed by atoms with E-state index >= 15 is 0 Å². The van der Waals surface area contributed by atoms with Crippen LogP contribution in [0.15, 0.2) is 18.9 Å². The van der Waals surface area contributed by atoms with Crippen molar-refractivity contribution in [3.63, 3.8) is 0 Å². The van der Waals surface area contributed by atoms with Crippen LogP contribution < -0.4 is 10.8 Å². The highest BCUT2D eigenvalue weighted by atomic mass is 28.3. The predicted octanol–water partition coefficient (Wildman–Crippen LogP) is -0.799. The predicted molar refractivity (Wildman–Crippen MR) is 65.2 cm³/mol. The summed E-state index contributed by atoms with van der Waals surface area (Å²) in [5.41, 5.74) is 0.524. The SMILES string of the molecule is C=CC[Si](C)(C)c1c(B(O)O)cnn1C. The van der Waals surface area contributed by atoms with E-state index in [-0.39, 0.29) is 0 Å². The van der Waals surface area contributed by atoms with Gasteiger partial charge in [-0.25, -0.2) is 0 Å². The van der Waals surface area contributed by atoms with Crippen molar-refractivity contribution in [3.05, 3.63) is 18.9 Å². The number of hydrogen-bond donors (Lipinski definition) is 2. The van der Waals surface area contributed by atoms with Crippen molar-refractivity contribution in [1.82, 2.24) is 9.78 Å². The van der Waals surface area contributed by atoms with Gasteiger partial charge in [0, 0.05) is 24.0 Å². The molecule has 0 unspecified atom stereocenters. The second-order valence-corrected chi connectivity index (χ2v) is 8.97. The third-order valence-corrected chi connectivity index (χ3v) is 5.74. The first-order valence-electron chi connectivity index (χ1n) is 4.89. The average molecular weight is 224 g/mol. The van der Waals surface area contributed by atoms with Gasteiger partial charge >= 0.3 is 7.12 Å². The molecule has 0 radical (unpaired) electrons. The molecule has 6 heteroatoms. The van der Waals surface area contributed by atoms with Gasteiger partial charge in [-0.1, -0.05) is 19.2 Å². The number of aryl methyl sites for hydroxylation is 1. The molecular formula is C9H17BN2O2Si. The molecule has 0 spiro atoms. The lowest BCUT2D eigenvalue weighted by Gasteiger charge is -2.22. The second-order valence-electron chi connectivity index (χ2n) is 4.32. The maximum atomic E-state index is 9.25. The zero-order chi connectivity index (χ0) is 11.6. The topological polar surface area (TPSA) is 58.3 Å². The van der Waals surface area contributed by atoms with Crippen molar-refractivity contribution in [3.8, 4) is 0 Å². The molecule has 0 bridgehead atoms. The highest BCUT2D eigenvalue weighted by Gasteiger charge is 2.32. The maximum absolute atomic E-state index is 9.25. The summed E-state index contributed by atoms with van der Waals surface area (Å²) in [6, 6.07) is 0.895. The van der Waals surface area contributed by atoms with Gasteiger partial charge in [0.15, 0.2) is 0 Å². The molecule has 82 valence electrons. The van der Waals surface area contributed by atoms with E-state index in [0.717, 1.165) is 11.4 Å². The minimum atomic E-state index is -1.72. The molecule has 0 aliphatic heterocycles. The minimum absolute atomic E-state index is 0.524. The van der Waals surface area contributed by atoms with Crippen molar-refractivity contribution < 1.29 is 10.0 Å². The monoisotopic (exact) mass is 224 g/mol. The number of nitrogens with zero attached hydrogens (tertiary/aromatic N) is 2. The molecule has 0 aliphatic carbocycles. The molecule has 0 amide bonds. The Kier molecular flexibility index (Phi) is 3.54. The smallest absolute Gasteiger partial charge is 0.423 e. The first-order chi connectivity index (χ1) is 6.90. The minimum Gasteiger partial charge on any atom is -0.423 e. The van der Waals surface area contributed by atoms with Crippen LogP contribution in [-0.4, -0.2) is 35.0 Å². The number of aromatic nitrogens is 2. The van der Waals surface area contributed by atoms with Crippen molar-refractivity contribution in [2.45, 2.75) is 19.1 Å². The fourth-order valence-corrected chi connectivity index (χ4v) is 4.75. The zero-order valence-electron chi connectivity index (χ0n) is 9.44. The molecule has 1 aromatic rings. The van der Waals surface area contributed by atoms with E-state index in [1.807, 2.05) is 13.1 Å². The van der Waals surface area contributed by atoms with Crippen LogP contribution in [0.4, 0.5) is 0 Å². The molecule has 1 rings (SSSR count). The summed E-state index contributed by atoms with van der Waals surface area (Å²) in [6.07, 6.45) is 3.41. The van der Waals surface area contributed by atoms with Crippen LogP contribution in [0.1, 0.15) is 0 Å². The van der Waals surface area contributed by atoms with E-state index in [1.165, 1.54) is 6.20 Å². The fraction of sp³-hybridized carbons (Fsp3) is 0.444. The highest BCUT2D eigenvalue weighted by Crippen LogP contribution is 2.08. The van der Waals surface area contributed by atoms with Crippen molar-refractivity contribution in [2.75, 3.05) is 0 Å². The molecule has 1 heterocycles. The van der Waals surface area contributed by atoms with Gasteiger partial charge in [0.2, 0.25) is 0 Å². The van der Waals surface area contributed by atoms with Gasteiger partial charge < -0.3 is 10.0 Å². The van der Waals surface area contributed by atoms with Gasteiger partial charge in [-0.05, 0) is 6.04 Å². The van der Waals surface area contributed by atoms with Gasteiger partial charge in [-0.2, -0.15) is 5.10 Å². The Hall–Kier alpha value is -0.848. The van der Waals surface area contributed by atoms with Crippen LogP contribution in [0.3, 0.4) is 0 Å². The Morgan fingerprint density at radius 2 is 2.20 bits per heavy atom. The molecule has 2 N–H and O–H groups in total. The Morgan fingerprint density at radius 3 is 2.67 bits per heavy atom. The molecule has 0 atom stereocenters. The van der Waals surface area contributed by atoms with Gasteiger partial charge in [0.25, 0.3) is 0 Å². The largest absolute Gasteiger partial charge is 0.491 e. The summed E-state index contributed by atoms with van der Waals surface area (Å²) in [5.74, 6) is 0. The summed E-state index contributed by atoms with van der Waals surface area (Å²) in [4.78, 5) is 0. The molecule has 4 nitrogen and oxygen atoms in total. The summed E-state index contributed by atoms with van der Waals surface area (Å²) < 4.78 is 1.74. The first kappa shape index (κ1) is 12.2. The summed E-state index contributed by atoms with van der Waals surface area (Å²) in [6.45, 7) is 8.07. The van der Waals surface area contributed by atoms with Crippen LogP contribution >= 0.6 is 0 Å². The number of rotatable bonds is 4. The molecule has 0 aliphatic rings. The van der Waals surface area contributed by atoms with Crippen molar-refractivity contribution in [1.29, 1.82) is 0 Å². The third kappa shape index (κ3) is 2.39. The standard InChI is InChI=1S/C9H17BN2O2Si/c1-5-6-15(3,4)9-8(10(13)14)7-11-12(9)2/h5,7,13-14H,1,6H2,2-4H3. The third-order valence-electron chi connectivity index (χ3n) is 2.54. The number of hydrogen-bond acceptors (Lipinski definition) is 3. The molecule has 0 saturated heterocycles. The average Bonchev–Trinajstić information content (AvgIpc) is 2.47. The van der Waals surface area contributed by atoms with E-state index in [4.69, 9.17) is 0 Å². The van der Waals surface area contributed by atoms with Crippen molar-refractivity contribution in [2.24, 2.45) is 7.05 Å². The normalized spacial score (nSPS) is 11.5. The second kappa shape index (κ2) is 4.34. The van der Waals surface area contributed by atoms with E-state index < -0.39 is 15.2 Å². The Labute approximate surface area is 91.4 Å². The molecule has 0 aromatic carbocycles. The first-order valence-corrected chi connectivity index (χ1v) is 8.10. The Bertz CT molecular complexity index is 363. The Balaban J connectivity index is 3.21. The highest BCUT2D eigenvalue weighted by molar-refractivity contribution is 6.92. The van der Waals surface area contributed by atoms with Gasteiger partial charge in [-0.3, -0.25) is 4.68 Å². The van der Waals surface area contributed by atoms with Gasteiger partial charge in [0.05, 0.1) is 0 Å². The lowest BCUT2D eigenvalue weighted by atomic mass is 9.83. The lowest BCUT2D eigenvalue weighted by molar-refractivity contribution is 0.426. The number of allylic oxidation sites excluding steroid dienone is 1. The van der Waals surface area contributed by atoms with E-state index in [2.05, 4.69) is 24.8 Å². The lowest BCUT2D eigenvalue weighted by Crippen LogP contribution is -2.56. The van der Waals surface area contributed by atoms with Crippen LogP contribution in [-0.2, 0) is 7.05 Å². The Morgan fingerprint density at radius 1 is 1.60 bits per heavy atom. The molecule has 15 heavy (non-hydrogen) atoms. The zero-order valence-corrected chi connectivity index (χ0v) is 10.4. The molecule has 0 saturated carbocycles. The maximum Gasteiger partial charge on any atom is 0.491 e. The van der Waals surface area contributed by atoms with E-state index in [0.29, 0.717) is 5.46 Å². The van der Waals surface area contributed by atoms with Crippen LogP contribution in [0, 0.1) is 0 Å². The molecule has 1 aromatic heterocycles. The summed E-state index contributed by atoms with van der Waals surface area (Å²) in [5, 5.41) is 23.5. The van der Waals surface area contributed by atoms with Crippen LogP contribution in [0.5, 0.6) is 0 Å². The van der Waals surface area contributed by atoms with Gasteiger partial charge in [-0.15, -0.1) is 6.58 Å². The van der Waals surface area contributed by atoms with Crippen LogP contribution in [0.2, 0.25) is 19.1 Å². The van der Waals surface area contributed by atoms with E-state index in [1.54, 1.807) is 4.68 Å². The summed E-state index contributed by atoms with van der Waals surface area (Å²) >= 11 is 0. The van der Waals surface area contributed by atoms with E-state index in [9.17, 15) is 10.0 Å². The van der Waals surface area contributed by atoms with Crippen molar-refractivity contribution >= 4 is 26.0 Å². The quantitative estimate of drug-likeness (QED) is 0.520. The summed E-state index contributed by atoms with van der Waals surface area (Å²) in [7, 11) is -1.32. The molecular weight excluding hydrogens is 207 g/mol. The molecule has 0 fully saturated rings. The fourth-order valence-electron chi connectivity index (χ4n) is 1.93.